The quantitative estimate of drug-likeness (QED) is 0.776. The summed E-state index contributed by atoms with van der Waals surface area (Å²) in [4.78, 5) is 16.2. The minimum atomic E-state index is -0.0236. The molecular formula is C12H20N4O. The Morgan fingerprint density at radius 3 is 3.00 bits per heavy atom. The monoisotopic (exact) mass is 236 g/mol. The lowest BCUT2D eigenvalue weighted by Gasteiger charge is -2.16. The molecule has 1 aliphatic rings. The fraction of sp³-hybridized carbons (Fsp3) is 0.667. The van der Waals surface area contributed by atoms with Crippen LogP contribution >= 0.6 is 0 Å². The van der Waals surface area contributed by atoms with Crippen molar-refractivity contribution in [2.75, 3.05) is 11.9 Å². The van der Waals surface area contributed by atoms with Crippen molar-refractivity contribution in [3.63, 3.8) is 0 Å². The van der Waals surface area contributed by atoms with E-state index < -0.39 is 0 Å². The van der Waals surface area contributed by atoms with Crippen LogP contribution < -0.4 is 16.6 Å². The van der Waals surface area contributed by atoms with Crippen molar-refractivity contribution < 1.29 is 0 Å². The predicted octanol–water partition coefficient (Wildman–Crippen LogP) is 1.12. The molecule has 1 aromatic rings. The first-order chi connectivity index (χ1) is 8.26. The van der Waals surface area contributed by atoms with Gasteiger partial charge in [-0.25, -0.2) is 4.98 Å². The van der Waals surface area contributed by atoms with Crippen LogP contribution in [0.3, 0.4) is 0 Å². The van der Waals surface area contributed by atoms with Crippen LogP contribution in [0.2, 0.25) is 0 Å². The van der Waals surface area contributed by atoms with Crippen molar-refractivity contribution >= 4 is 5.82 Å². The van der Waals surface area contributed by atoms with E-state index in [-0.39, 0.29) is 11.6 Å². The highest BCUT2D eigenvalue weighted by molar-refractivity contribution is 5.32. The van der Waals surface area contributed by atoms with E-state index in [1.165, 1.54) is 0 Å². The molecule has 2 rings (SSSR count). The van der Waals surface area contributed by atoms with E-state index in [0.29, 0.717) is 18.4 Å². The minimum absolute atomic E-state index is 0.0236. The zero-order valence-electron chi connectivity index (χ0n) is 10.2. The summed E-state index contributed by atoms with van der Waals surface area (Å²) in [7, 11) is 0. The predicted molar refractivity (Wildman–Crippen MR) is 68.1 cm³/mol. The molecule has 1 saturated carbocycles. The van der Waals surface area contributed by atoms with Gasteiger partial charge in [0.1, 0.15) is 0 Å². The number of aromatic nitrogens is 2. The van der Waals surface area contributed by atoms with Crippen LogP contribution in [0.5, 0.6) is 0 Å². The van der Waals surface area contributed by atoms with Gasteiger partial charge in [-0.05, 0) is 19.3 Å². The molecule has 0 saturated heterocycles. The number of rotatable bonds is 6. The molecule has 0 radical (unpaired) electrons. The van der Waals surface area contributed by atoms with Crippen molar-refractivity contribution in [2.24, 2.45) is 5.73 Å². The van der Waals surface area contributed by atoms with Gasteiger partial charge in [0.25, 0.3) is 5.56 Å². The second kappa shape index (κ2) is 5.31. The summed E-state index contributed by atoms with van der Waals surface area (Å²) in [5, 5.41) is 3.15. The highest BCUT2D eigenvalue weighted by Crippen LogP contribution is 2.33. The molecule has 1 aliphatic carbocycles. The topological polar surface area (TPSA) is 72.9 Å². The van der Waals surface area contributed by atoms with Crippen LogP contribution in [0.25, 0.3) is 0 Å². The summed E-state index contributed by atoms with van der Waals surface area (Å²) in [5.74, 6) is 0.434. The molecule has 0 spiro atoms. The summed E-state index contributed by atoms with van der Waals surface area (Å²) in [5.41, 5.74) is 5.64. The number of anilines is 1. The molecular weight excluding hydrogens is 216 g/mol. The minimum Gasteiger partial charge on any atom is -0.361 e. The van der Waals surface area contributed by atoms with Gasteiger partial charge in [-0.2, -0.15) is 0 Å². The maximum Gasteiger partial charge on any atom is 0.293 e. The Kier molecular flexibility index (Phi) is 3.78. The zero-order chi connectivity index (χ0) is 12.3. The van der Waals surface area contributed by atoms with E-state index in [1.807, 2.05) is 0 Å². The number of nitrogens with two attached hydrogens (primary N) is 1. The van der Waals surface area contributed by atoms with Crippen LogP contribution in [0.15, 0.2) is 17.2 Å². The second-order valence-electron chi connectivity index (χ2n) is 4.59. The first-order valence-electron chi connectivity index (χ1n) is 6.30. The molecule has 5 heteroatoms. The molecule has 0 bridgehead atoms. The molecule has 1 aromatic heterocycles. The smallest absolute Gasteiger partial charge is 0.293 e. The van der Waals surface area contributed by atoms with Gasteiger partial charge in [-0.1, -0.05) is 13.3 Å². The third-order valence-corrected chi connectivity index (χ3v) is 3.07. The van der Waals surface area contributed by atoms with Crippen molar-refractivity contribution in [1.82, 2.24) is 9.55 Å². The van der Waals surface area contributed by atoms with Crippen LogP contribution in [0.4, 0.5) is 5.82 Å². The average Bonchev–Trinajstić information content (AvgIpc) is 3.15. The van der Waals surface area contributed by atoms with E-state index in [9.17, 15) is 4.79 Å². The molecule has 1 unspecified atom stereocenters. The molecule has 17 heavy (non-hydrogen) atoms. The number of nitrogens with one attached hydrogen (secondary N) is 1. The fourth-order valence-electron chi connectivity index (χ4n) is 1.95. The largest absolute Gasteiger partial charge is 0.361 e. The fourth-order valence-corrected chi connectivity index (χ4v) is 1.95. The number of hydrogen-bond donors (Lipinski definition) is 2. The lowest BCUT2D eigenvalue weighted by atomic mass is 10.2. The van der Waals surface area contributed by atoms with Gasteiger partial charge in [0.2, 0.25) is 0 Å². The molecule has 1 atom stereocenters. The highest BCUT2D eigenvalue weighted by Gasteiger charge is 2.25. The van der Waals surface area contributed by atoms with Crippen LogP contribution in [0.1, 0.15) is 38.6 Å². The normalized spacial score (nSPS) is 16.8. The van der Waals surface area contributed by atoms with Gasteiger partial charge < -0.3 is 15.6 Å². The molecule has 0 aromatic carbocycles. The van der Waals surface area contributed by atoms with Gasteiger partial charge in [0, 0.05) is 31.0 Å². The molecule has 1 heterocycles. The maximum absolute atomic E-state index is 12.1. The lowest BCUT2D eigenvalue weighted by Crippen LogP contribution is -2.33. The first kappa shape index (κ1) is 12.1. The van der Waals surface area contributed by atoms with Gasteiger partial charge >= 0.3 is 0 Å². The molecule has 3 N–H and O–H groups in total. The number of hydrogen-bond acceptors (Lipinski definition) is 4. The third kappa shape index (κ3) is 2.85. The number of nitrogens with zero attached hydrogens (tertiary/aromatic N) is 2. The van der Waals surface area contributed by atoms with E-state index >= 15 is 0 Å². The lowest BCUT2D eigenvalue weighted by molar-refractivity contribution is 0.637. The van der Waals surface area contributed by atoms with Gasteiger partial charge in [0.05, 0.1) is 0 Å². The van der Waals surface area contributed by atoms with Crippen molar-refractivity contribution in [2.45, 2.75) is 44.7 Å². The Balaban J connectivity index is 2.14. The van der Waals surface area contributed by atoms with Crippen molar-refractivity contribution in [3.05, 3.63) is 22.7 Å². The van der Waals surface area contributed by atoms with E-state index in [0.717, 1.165) is 25.7 Å². The van der Waals surface area contributed by atoms with Crippen LogP contribution in [-0.4, -0.2) is 22.1 Å². The summed E-state index contributed by atoms with van der Waals surface area (Å²) in [6.07, 6.45) is 7.63. The highest BCUT2D eigenvalue weighted by atomic mass is 16.1. The molecule has 0 aliphatic heterocycles. The Morgan fingerprint density at radius 1 is 1.65 bits per heavy atom. The Morgan fingerprint density at radius 2 is 2.41 bits per heavy atom. The van der Waals surface area contributed by atoms with Gasteiger partial charge in [0.15, 0.2) is 5.82 Å². The summed E-state index contributed by atoms with van der Waals surface area (Å²) < 4.78 is 1.77. The van der Waals surface area contributed by atoms with E-state index in [4.69, 9.17) is 5.73 Å². The molecule has 0 amide bonds. The van der Waals surface area contributed by atoms with E-state index in [2.05, 4.69) is 17.2 Å². The molecule has 94 valence electrons. The Hall–Kier alpha value is -1.36. The first-order valence-corrected chi connectivity index (χ1v) is 6.30. The standard InChI is InChI=1S/C12H20N4O/c1-2-3-9(8-13)15-11-12(17)16(7-6-14-11)10-4-5-10/h6-7,9-10H,2-5,8,13H2,1H3,(H,14,15). The summed E-state index contributed by atoms with van der Waals surface area (Å²) >= 11 is 0. The van der Waals surface area contributed by atoms with Crippen molar-refractivity contribution in [1.29, 1.82) is 0 Å². The second-order valence-corrected chi connectivity index (χ2v) is 4.59. The average molecular weight is 236 g/mol. The third-order valence-electron chi connectivity index (χ3n) is 3.07. The van der Waals surface area contributed by atoms with E-state index in [1.54, 1.807) is 17.0 Å². The Labute approximate surface area is 101 Å². The van der Waals surface area contributed by atoms with Gasteiger partial charge in [-0.3, -0.25) is 4.79 Å². The molecule has 1 fully saturated rings. The zero-order valence-corrected chi connectivity index (χ0v) is 10.2. The van der Waals surface area contributed by atoms with Gasteiger partial charge in [-0.15, -0.1) is 0 Å². The van der Waals surface area contributed by atoms with Crippen LogP contribution in [-0.2, 0) is 0 Å². The SMILES string of the molecule is CCCC(CN)Nc1nccn(C2CC2)c1=O. The Bertz CT molecular complexity index is 425. The van der Waals surface area contributed by atoms with Crippen molar-refractivity contribution in [3.8, 4) is 0 Å². The summed E-state index contributed by atoms with van der Waals surface area (Å²) in [6, 6.07) is 0.517. The van der Waals surface area contributed by atoms with Crippen LogP contribution in [0, 0.1) is 0 Å². The maximum atomic E-state index is 12.1. The molecule has 5 nitrogen and oxygen atoms in total. The summed E-state index contributed by atoms with van der Waals surface area (Å²) in [6.45, 7) is 2.62.